The fourth-order valence-corrected chi connectivity index (χ4v) is 5.52. The number of nitrogens with one attached hydrogen (secondary N) is 1. The zero-order valence-corrected chi connectivity index (χ0v) is 17.2. The molecule has 1 saturated carbocycles. The Bertz CT molecular complexity index is 950. The van der Waals surface area contributed by atoms with E-state index in [1.165, 1.54) is 12.5 Å². The monoisotopic (exact) mass is 404 g/mol. The molecule has 0 radical (unpaired) electrons. The molecule has 6 nitrogen and oxygen atoms in total. The van der Waals surface area contributed by atoms with Crippen LogP contribution in [-0.4, -0.2) is 39.6 Å². The van der Waals surface area contributed by atoms with E-state index in [1.807, 2.05) is 37.2 Å². The van der Waals surface area contributed by atoms with Crippen LogP contribution in [0.4, 0.5) is 5.69 Å². The zero-order valence-electron chi connectivity index (χ0n) is 16.4. The van der Waals surface area contributed by atoms with Crippen LogP contribution in [0.1, 0.15) is 38.5 Å². The lowest BCUT2D eigenvalue weighted by Gasteiger charge is -2.25. The van der Waals surface area contributed by atoms with Gasteiger partial charge in [-0.05, 0) is 24.5 Å². The van der Waals surface area contributed by atoms with E-state index in [-0.39, 0.29) is 10.8 Å². The maximum Gasteiger partial charge on any atom is 0.321 e. The highest BCUT2D eigenvalue weighted by Crippen LogP contribution is 2.31. The minimum atomic E-state index is -3.97. The Kier molecular flexibility index (Phi) is 6.25. The quantitative estimate of drug-likeness (QED) is 0.736. The van der Waals surface area contributed by atoms with E-state index in [9.17, 15) is 18.3 Å². The van der Waals surface area contributed by atoms with Crippen molar-refractivity contribution in [3.8, 4) is 0 Å². The standard InChI is InChI=1S/C21H28N2O4S/c1-23(2)19-12-6-11-17-16(19)10-7-13-20(17)28(26,27)22-18(21(24)25)14-15-8-4-3-5-9-15/h6-7,10-13,15,18,22H,3-5,8-9,14H2,1-2H3,(H,24,25)/t18-/m0/s1. The highest BCUT2D eigenvalue weighted by molar-refractivity contribution is 7.89. The molecule has 0 aromatic heterocycles. The van der Waals surface area contributed by atoms with Crippen molar-refractivity contribution < 1.29 is 18.3 Å². The molecule has 2 N–H and O–H groups in total. The molecule has 1 fully saturated rings. The number of carbonyl (C=O) groups is 1. The highest BCUT2D eigenvalue weighted by atomic mass is 32.2. The number of carboxylic acid groups (broad SMARTS) is 1. The SMILES string of the molecule is CN(C)c1cccc2c(S(=O)(=O)N[C@@H](CC3CCCCC3)C(=O)O)cccc12. The van der Waals surface area contributed by atoms with Crippen molar-refractivity contribution in [3.63, 3.8) is 0 Å². The van der Waals surface area contributed by atoms with Gasteiger partial charge in [-0.1, -0.05) is 56.4 Å². The Morgan fingerprint density at radius 2 is 1.75 bits per heavy atom. The van der Waals surface area contributed by atoms with Gasteiger partial charge in [0.05, 0.1) is 4.90 Å². The number of sulfonamides is 1. The van der Waals surface area contributed by atoms with Gasteiger partial charge >= 0.3 is 5.97 Å². The number of nitrogens with zero attached hydrogens (tertiary/aromatic N) is 1. The molecular weight excluding hydrogens is 376 g/mol. The van der Waals surface area contributed by atoms with Gasteiger partial charge in [0.2, 0.25) is 10.0 Å². The Morgan fingerprint density at radius 1 is 1.11 bits per heavy atom. The lowest BCUT2D eigenvalue weighted by molar-refractivity contribution is -0.139. The molecule has 0 heterocycles. The summed E-state index contributed by atoms with van der Waals surface area (Å²) >= 11 is 0. The first-order valence-electron chi connectivity index (χ1n) is 9.74. The van der Waals surface area contributed by atoms with Crippen LogP contribution in [0.15, 0.2) is 41.3 Å². The molecule has 7 heteroatoms. The summed E-state index contributed by atoms with van der Waals surface area (Å²) in [5.74, 6) is -0.867. The van der Waals surface area contributed by atoms with Crippen LogP contribution in [0.25, 0.3) is 10.8 Å². The molecule has 1 aliphatic rings. The fraction of sp³-hybridized carbons (Fsp3) is 0.476. The number of rotatable bonds is 7. The summed E-state index contributed by atoms with van der Waals surface area (Å²) in [6.07, 6.45) is 5.60. The Morgan fingerprint density at radius 3 is 2.39 bits per heavy atom. The predicted octanol–water partition coefficient (Wildman–Crippen LogP) is 3.61. The van der Waals surface area contributed by atoms with Gasteiger partial charge < -0.3 is 10.0 Å². The Labute approximate surface area is 166 Å². The second-order valence-electron chi connectivity index (χ2n) is 7.77. The normalized spacial score (nSPS) is 16.8. The summed E-state index contributed by atoms with van der Waals surface area (Å²) in [5, 5.41) is 11.0. The Hall–Kier alpha value is -2.12. The topological polar surface area (TPSA) is 86.7 Å². The molecule has 2 aromatic rings. The van der Waals surface area contributed by atoms with Gasteiger partial charge in [-0.15, -0.1) is 0 Å². The van der Waals surface area contributed by atoms with Gasteiger partial charge in [0.25, 0.3) is 0 Å². The minimum Gasteiger partial charge on any atom is -0.480 e. The third kappa shape index (κ3) is 4.47. The molecule has 152 valence electrons. The van der Waals surface area contributed by atoms with Crippen molar-refractivity contribution in [2.75, 3.05) is 19.0 Å². The third-order valence-electron chi connectivity index (χ3n) is 5.52. The molecule has 1 atom stereocenters. The van der Waals surface area contributed by atoms with Crippen molar-refractivity contribution in [1.82, 2.24) is 4.72 Å². The van der Waals surface area contributed by atoms with Gasteiger partial charge in [0.15, 0.2) is 0 Å². The lowest BCUT2D eigenvalue weighted by atomic mass is 9.85. The molecule has 3 rings (SSSR count). The van der Waals surface area contributed by atoms with Crippen LogP contribution < -0.4 is 9.62 Å². The molecule has 2 aromatic carbocycles. The average Bonchev–Trinajstić information content (AvgIpc) is 2.67. The number of carboxylic acids is 1. The van der Waals surface area contributed by atoms with Crippen LogP contribution in [0.2, 0.25) is 0 Å². The van der Waals surface area contributed by atoms with Gasteiger partial charge in [0, 0.05) is 30.6 Å². The zero-order chi connectivity index (χ0) is 20.3. The van der Waals surface area contributed by atoms with E-state index >= 15 is 0 Å². The second kappa shape index (κ2) is 8.49. The molecular formula is C21H28N2O4S. The van der Waals surface area contributed by atoms with E-state index in [4.69, 9.17) is 0 Å². The average molecular weight is 405 g/mol. The van der Waals surface area contributed by atoms with Crippen molar-refractivity contribution in [2.24, 2.45) is 5.92 Å². The number of hydrogen-bond acceptors (Lipinski definition) is 4. The third-order valence-corrected chi connectivity index (χ3v) is 7.05. The maximum absolute atomic E-state index is 13.1. The number of fused-ring (bicyclic) bond motifs is 1. The molecule has 0 aliphatic heterocycles. The molecule has 1 aliphatic carbocycles. The summed E-state index contributed by atoms with van der Waals surface area (Å²) < 4.78 is 28.6. The Balaban J connectivity index is 1.93. The van der Waals surface area contributed by atoms with Gasteiger partial charge in [-0.25, -0.2) is 8.42 Å². The second-order valence-corrected chi connectivity index (χ2v) is 9.46. The molecule has 28 heavy (non-hydrogen) atoms. The highest BCUT2D eigenvalue weighted by Gasteiger charge is 2.29. The summed E-state index contributed by atoms with van der Waals surface area (Å²) in [5.41, 5.74) is 0.909. The van der Waals surface area contributed by atoms with Gasteiger partial charge in [0.1, 0.15) is 6.04 Å². The van der Waals surface area contributed by atoms with E-state index < -0.39 is 22.0 Å². The van der Waals surface area contributed by atoms with Gasteiger partial charge in [-0.2, -0.15) is 4.72 Å². The van der Waals surface area contributed by atoms with E-state index in [0.717, 1.165) is 36.8 Å². The number of aliphatic carboxylic acids is 1. The first-order chi connectivity index (χ1) is 13.3. The van der Waals surface area contributed by atoms with Crippen LogP contribution in [0.3, 0.4) is 0 Å². The van der Waals surface area contributed by atoms with Crippen LogP contribution in [-0.2, 0) is 14.8 Å². The number of anilines is 1. The largest absolute Gasteiger partial charge is 0.480 e. The molecule has 0 spiro atoms. The predicted molar refractivity (Wildman–Crippen MR) is 111 cm³/mol. The van der Waals surface area contributed by atoms with Crippen molar-refractivity contribution in [2.45, 2.75) is 49.5 Å². The van der Waals surface area contributed by atoms with Gasteiger partial charge in [-0.3, -0.25) is 4.79 Å². The van der Waals surface area contributed by atoms with Crippen LogP contribution >= 0.6 is 0 Å². The van der Waals surface area contributed by atoms with Crippen LogP contribution in [0, 0.1) is 5.92 Å². The first-order valence-corrected chi connectivity index (χ1v) is 11.2. The number of benzene rings is 2. The summed E-state index contributed by atoms with van der Waals surface area (Å²) in [7, 11) is -0.170. The minimum absolute atomic E-state index is 0.114. The molecule has 0 unspecified atom stereocenters. The summed E-state index contributed by atoms with van der Waals surface area (Å²) in [4.78, 5) is 13.8. The lowest BCUT2D eigenvalue weighted by Crippen LogP contribution is -2.42. The van der Waals surface area contributed by atoms with E-state index in [0.29, 0.717) is 11.8 Å². The van der Waals surface area contributed by atoms with Crippen molar-refractivity contribution in [1.29, 1.82) is 0 Å². The van der Waals surface area contributed by atoms with Crippen molar-refractivity contribution >= 4 is 32.5 Å². The van der Waals surface area contributed by atoms with Crippen LogP contribution in [0.5, 0.6) is 0 Å². The maximum atomic E-state index is 13.1. The summed E-state index contributed by atoms with van der Waals surface area (Å²) in [6, 6.07) is 9.49. The fourth-order valence-electron chi connectivity index (χ4n) is 4.10. The smallest absolute Gasteiger partial charge is 0.321 e. The molecule has 0 amide bonds. The number of hydrogen-bond donors (Lipinski definition) is 2. The molecule has 0 saturated heterocycles. The van der Waals surface area contributed by atoms with E-state index in [1.54, 1.807) is 12.1 Å². The first kappa shape index (κ1) is 20.6. The van der Waals surface area contributed by atoms with E-state index in [2.05, 4.69) is 4.72 Å². The summed E-state index contributed by atoms with van der Waals surface area (Å²) in [6.45, 7) is 0. The molecule has 0 bridgehead atoms. The van der Waals surface area contributed by atoms with Crippen molar-refractivity contribution in [3.05, 3.63) is 36.4 Å².